The van der Waals surface area contributed by atoms with E-state index < -0.39 is 0 Å². The third-order valence-corrected chi connectivity index (χ3v) is 4.92. The van der Waals surface area contributed by atoms with Crippen molar-refractivity contribution in [1.82, 2.24) is 4.98 Å². The number of rotatable bonds is 7. The summed E-state index contributed by atoms with van der Waals surface area (Å²) in [6.07, 6.45) is 2.09. The standard InChI is InChI=1S/C14H18N2O2S2/c1-3-11-5-6-12(20-11)8-15-14-16-10(9-19-14)4-7-13(17)18-2/h5-6,9H,3-4,7-8H2,1-2H3,(H,15,16). The van der Waals surface area contributed by atoms with Gasteiger partial charge in [0.1, 0.15) is 0 Å². The van der Waals surface area contributed by atoms with Crippen molar-refractivity contribution in [2.45, 2.75) is 32.7 Å². The summed E-state index contributed by atoms with van der Waals surface area (Å²) in [4.78, 5) is 18.3. The van der Waals surface area contributed by atoms with Crippen LogP contribution in [0.1, 0.15) is 28.8 Å². The van der Waals surface area contributed by atoms with Crippen molar-refractivity contribution in [3.63, 3.8) is 0 Å². The van der Waals surface area contributed by atoms with E-state index in [2.05, 4.69) is 34.1 Å². The van der Waals surface area contributed by atoms with Crippen LogP contribution in [0, 0.1) is 0 Å². The molecular weight excluding hydrogens is 292 g/mol. The number of thiazole rings is 1. The summed E-state index contributed by atoms with van der Waals surface area (Å²) < 4.78 is 4.62. The summed E-state index contributed by atoms with van der Waals surface area (Å²) in [6.45, 7) is 2.96. The minimum absolute atomic E-state index is 0.196. The molecule has 2 rings (SSSR count). The Morgan fingerprint density at radius 3 is 2.90 bits per heavy atom. The molecule has 4 nitrogen and oxygen atoms in total. The average Bonchev–Trinajstić information content (AvgIpc) is 3.11. The van der Waals surface area contributed by atoms with Crippen LogP contribution in [0.15, 0.2) is 17.5 Å². The van der Waals surface area contributed by atoms with Gasteiger partial charge in [0.2, 0.25) is 0 Å². The lowest BCUT2D eigenvalue weighted by atomic mass is 10.2. The molecule has 0 radical (unpaired) electrons. The van der Waals surface area contributed by atoms with Gasteiger partial charge in [0.15, 0.2) is 5.13 Å². The molecule has 0 bridgehead atoms. The van der Waals surface area contributed by atoms with Gasteiger partial charge in [0.25, 0.3) is 0 Å². The Hall–Kier alpha value is -1.40. The Morgan fingerprint density at radius 1 is 1.40 bits per heavy atom. The largest absolute Gasteiger partial charge is 0.469 e. The van der Waals surface area contributed by atoms with Gasteiger partial charge in [-0.05, 0) is 18.6 Å². The highest BCUT2D eigenvalue weighted by atomic mass is 32.1. The number of carbonyl (C=O) groups excluding carboxylic acids is 1. The zero-order chi connectivity index (χ0) is 14.4. The molecule has 0 amide bonds. The van der Waals surface area contributed by atoms with Gasteiger partial charge in [0.05, 0.1) is 25.8 Å². The van der Waals surface area contributed by atoms with Gasteiger partial charge in [-0.3, -0.25) is 4.79 Å². The van der Waals surface area contributed by atoms with Gasteiger partial charge >= 0.3 is 5.97 Å². The molecule has 0 atom stereocenters. The van der Waals surface area contributed by atoms with E-state index in [4.69, 9.17) is 0 Å². The number of hydrogen-bond acceptors (Lipinski definition) is 6. The smallest absolute Gasteiger partial charge is 0.305 e. The number of hydrogen-bond donors (Lipinski definition) is 1. The molecule has 0 fully saturated rings. The predicted molar refractivity (Wildman–Crippen MR) is 83.5 cm³/mol. The summed E-state index contributed by atoms with van der Waals surface area (Å²) >= 11 is 3.40. The van der Waals surface area contributed by atoms with Gasteiger partial charge in [0, 0.05) is 21.6 Å². The molecule has 1 N–H and O–H groups in total. The van der Waals surface area contributed by atoms with Gasteiger partial charge in [-0.1, -0.05) is 6.92 Å². The first-order valence-corrected chi connectivity index (χ1v) is 8.23. The number of anilines is 1. The number of aryl methyl sites for hydroxylation is 2. The first-order valence-electron chi connectivity index (χ1n) is 6.54. The molecule has 0 spiro atoms. The highest BCUT2D eigenvalue weighted by Gasteiger charge is 2.06. The number of ether oxygens (including phenoxy) is 1. The Morgan fingerprint density at radius 2 is 2.20 bits per heavy atom. The van der Waals surface area contributed by atoms with Gasteiger partial charge < -0.3 is 10.1 Å². The summed E-state index contributed by atoms with van der Waals surface area (Å²) in [7, 11) is 1.40. The lowest BCUT2D eigenvalue weighted by molar-refractivity contribution is -0.140. The van der Waals surface area contributed by atoms with E-state index in [9.17, 15) is 4.79 Å². The maximum absolute atomic E-state index is 11.1. The lowest BCUT2D eigenvalue weighted by Crippen LogP contribution is -2.02. The second-order valence-corrected chi connectivity index (χ2v) is 6.41. The second kappa shape index (κ2) is 7.40. The molecule has 0 aliphatic heterocycles. The maximum Gasteiger partial charge on any atom is 0.305 e. The van der Waals surface area contributed by atoms with Crippen LogP contribution < -0.4 is 5.32 Å². The number of carbonyl (C=O) groups is 1. The molecule has 2 aromatic heterocycles. The van der Waals surface area contributed by atoms with Crippen molar-refractivity contribution < 1.29 is 9.53 Å². The van der Waals surface area contributed by atoms with Crippen molar-refractivity contribution in [3.8, 4) is 0 Å². The van der Waals surface area contributed by atoms with Gasteiger partial charge in [-0.25, -0.2) is 4.98 Å². The van der Waals surface area contributed by atoms with Crippen LogP contribution in [0.4, 0.5) is 5.13 Å². The van der Waals surface area contributed by atoms with Crippen LogP contribution in [0.5, 0.6) is 0 Å². The Bertz CT molecular complexity index is 563. The molecule has 0 aromatic carbocycles. The molecule has 108 valence electrons. The number of aromatic nitrogens is 1. The molecule has 0 saturated heterocycles. The maximum atomic E-state index is 11.1. The minimum Gasteiger partial charge on any atom is -0.469 e. The second-order valence-electron chi connectivity index (χ2n) is 4.30. The molecule has 6 heteroatoms. The van der Waals surface area contributed by atoms with Crippen LogP contribution >= 0.6 is 22.7 Å². The quantitative estimate of drug-likeness (QED) is 0.795. The van der Waals surface area contributed by atoms with E-state index in [0.29, 0.717) is 12.8 Å². The first kappa shape index (κ1) is 15.0. The number of methoxy groups -OCH3 is 1. The zero-order valence-electron chi connectivity index (χ0n) is 11.6. The fourth-order valence-corrected chi connectivity index (χ4v) is 3.35. The molecule has 0 unspecified atom stereocenters. The van der Waals surface area contributed by atoms with Crippen LogP contribution in [0.3, 0.4) is 0 Å². The van der Waals surface area contributed by atoms with Crippen molar-refractivity contribution >= 4 is 33.8 Å². The van der Waals surface area contributed by atoms with Crippen molar-refractivity contribution in [2.75, 3.05) is 12.4 Å². The van der Waals surface area contributed by atoms with E-state index in [1.165, 1.54) is 16.9 Å². The van der Waals surface area contributed by atoms with Crippen molar-refractivity contribution in [3.05, 3.63) is 33.0 Å². The van der Waals surface area contributed by atoms with Crippen LogP contribution in [0.2, 0.25) is 0 Å². The number of nitrogens with one attached hydrogen (secondary N) is 1. The summed E-state index contributed by atoms with van der Waals surface area (Å²) in [6, 6.07) is 4.33. The number of thiophene rings is 1. The fourth-order valence-electron chi connectivity index (χ4n) is 1.71. The molecule has 2 heterocycles. The van der Waals surface area contributed by atoms with Crippen molar-refractivity contribution in [2.24, 2.45) is 0 Å². The fraction of sp³-hybridized carbons (Fsp3) is 0.429. The third-order valence-electron chi connectivity index (χ3n) is 2.84. The monoisotopic (exact) mass is 310 g/mol. The van der Waals surface area contributed by atoms with E-state index >= 15 is 0 Å². The number of esters is 1. The Balaban J connectivity index is 1.81. The minimum atomic E-state index is -0.196. The van der Waals surface area contributed by atoms with Crippen LogP contribution in [-0.4, -0.2) is 18.1 Å². The van der Waals surface area contributed by atoms with Gasteiger partial charge in [-0.2, -0.15) is 0 Å². The summed E-state index contributed by atoms with van der Waals surface area (Å²) in [5.74, 6) is -0.196. The molecule has 0 aliphatic carbocycles. The molecule has 0 saturated carbocycles. The molecular formula is C14H18N2O2S2. The first-order chi connectivity index (χ1) is 9.71. The lowest BCUT2D eigenvalue weighted by Gasteiger charge is -1.99. The van der Waals surface area contributed by atoms with Crippen molar-refractivity contribution in [1.29, 1.82) is 0 Å². The molecule has 0 aliphatic rings. The van der Waals surface area contributed by atoms with Crippen LogP contribution in [-0.2, 0) is 28.9 Å². The zero-order valence-corrected chi connectivity index (χ0v) is 13.3. The van der Waals surface area contributed by atoms with Gasteiger partial charge in [-0.15, -0.1) is 22.7 Å². The topological polar surface area (TPSA) is 51.2 Å². The SMILES string of the molecule is CCc1ccc(CNc2nc(CCC(=O)OC)cs2)s1. The molecule has 20 heavy (non-hydrogen) atoms. The average molecular weight is 310 g/mol. The molecule has 2 aromatic rings. The summed E-state index contributed by atoms with van der Waals surface area (Å²) in [5.41, 5.74) is 0.934. The van der Waals surface area contributed by atoms with E-state index in [-0.39, 0.29) is 5.97 Å². The predicted octanol–water partition coefficient (Wildman–Crippen LogP) is 3.48. The third kappa shape index (κ3) is 4.31. The Labute approximate surface area is 126 Å². The summed E-state index contributed by atoms with van der Waals surface area (Å²) in [5, 5.41) is 6.20. The van der Waals surface area contributed by atoms with E-state index in [1.807, 2.05) is 16.7 Å². The number of nitrogens with zero attached hydrogens (tertiary/aromatic N) is 1. The highest BCUT2D eigenvalue weighted by molar-refractivity contribution is 7.13. The van der Waals surface area contributed by atoms with E-state index in [1.54, 1.807) is 11.3 Å². The van der Waals surface area contributed by atoms with E-state index in [0.717, 1.165) is 23.8 Å². The highest BCUT2D eigenvalue weighted by Crippen LogP contribution is 2.21. The van der Waals surface area contributed by atoms with Crippen LogP contribution in [0.25, 0.3) is 0 Å². The normalized spacial score (nSPS) is 10.5. The Kier molecular flexibility index (Phi) is 5.55.